The largest absolute Gasteiger partial charge is 0.314 e. The van der Waals surface area contributed by atoms with Crippen LogP contribution in [-0.4, -0.2) is 12.6 Å². The number of rotatable bonds is 5. The Kier molecular flexibility index (Phi) is 4.19. The Morgan fingerprint density at radius 3 is 2.30 bits per heavy atom. The highest BCUT2D eigenvalue weighted by atomic mass is 35.5. The van der Waals surface area contributed by atoms with Gasteiger partial charge in [-0.25, -0.2) is 4.39 Å². The predicted octanol–water partition coefficient (Wildman–Crippen LogP) is 4.68. The molecule has 0 saturated heterocycles. The van der Waals surface area contributed by atoms with Crippen molar-refractivity contribution >= 4 is 11.6 Å². The molecule has 0 amide bonds. The van der Waals surface area contributed by atoms with E-state index in [1.807, 2.05) is 0 Å². The minimum atomic E-state index is -0.198. The van der Waals surface area contributed by atoms with Crippen LogP contribution in [0.4, 0.5) is 4.39 Å². The molecule has 1 saturated carbocycles. The van der Waals surface area contributed by atoms with Crippen LogP contribution in [0.5, 0.6) is 0 Å². The molecule has 20 heavy (non-hydrogen) atoms. The van der Waals surface area contributed by atoms with Gasteiger partial charge < -0.3 is 5.32 Å². The molecule has 2 rings (SSSR count). The molecule has 1 aromatic rings. The molecule has 1 fully saturated rings. The fourth-order valence-electron chi connectivity index (χ4n) is 3.77. The Hall–Kier alpha value is -0.600. The molecule has 112 valence electrons. The van der Waals surface area contributed by atoms with Gasteiger partial charge in [0.15, 0.2) is 0 Å². The summed E-state index contributed by atoms with van der Waals surface area (Å²) >= 11 is 6.17. The predicted molar refractivity (Wildman–Crippen MR) is 83.6 cm³/mol. The summed E-state index contributed by atoms with van der Waals surface area (Å²) in [6.45, 7) is 12.2. The Morgan fingerprint density at radius 2 is 1.85 bits per heavy atom. The number of hydrogen-bond donors (Lipinski definition) is 1. The van der Waals surface area contributed by atoms with Gasteiger partial charge in [-0.1, -0.05) is 52.3 Å². The van der Waals surface area contributed by atoms with E-state index in [2.05, 4.69) is 39.9 Å². The highest BCUT2D eigenvalue weighted by Gasteiger charge is 2.66. The van der Waals surface area contributed by atoms with E-state index in [1.54, 1.807) is 12.1 Å². The lowest BCUT2D eigenvalue weighted by Gasteiger charge is -2.21. The van der Waals surface area contributed by atoms with Crippen LogP contribution in [0.2, 0.25) is 5.02 Å². The van der Waals surface area contributed by atoms with Gasteiger partial charge in [-0.3, -0.25) is 0 Å². The fourth-order valence-corrected chi connectivity index (χ4v) is 4.01. The maximum absolute atomic E-state index is 14.0. The first-order valence-electron chi connectivity index (χ1n) is 7.39. The topological polar surface area (TPSA) is 12.0 Å². The highest BCUT2D eigenvalue weighted by molar-refractivity contribution is 6.31. The molecule has 1 aromatic carbocycles. The third-order valence-electron chi connectivity index (χ3n) is 5.49. The van der Waals surface area contributed by atoms with Crippen molar-refractivity contribution in [3.63, 3.8) is 0 Å². The maximum Gasteiger partial charge on any atom is 0.127 e. The Bertz CT molecular complexity index is 462. The van der Waals surface area contributed by atoms with Crippen molar-refractivity contribution in [1.82, 2.24) is 5.32 Å². The number of nitrogens with one attached hydrogen (secondary N) is 1. The lowest BCUT2D eigenvalue weighted by atomic mass is 9.96. The van der Waals surface area contributed by atoms with E-state index >= 15 is 0 Å². The van der Waals surface area contributed by atoms with Crippen molar-refractivity contribution < 1.29 is 4.39 Å². The summed E-state index contributed by atoms with van der Waals surface area (Å²) in [5, 5.41) is 4.07. The molecule has 0 aromatic heterocycles. The highest BCUT2D eigenvalue weighted by Crippen LogP contribution is 2.69. The first-order valence-corrected chi connectivity index (χ1v) is 7.77. The van der Waals surface area contributed by atoms with Crippen molar-refractivity contribution in [3.8, 4) is 0 Å². The zero-order valence-corrected chi connectivity index (χ0v) is 13.8. The van der Waals surface area contributed by atoms with Gasteiger partial charge >= 0.3 is 0 Å². The number of likely N-dealkylation sites (N-methyl/N-ethyl adjacent to an activating group) is 1. The zero-order chi connectivity index (χ0) is 15.1. The normalized spacial score (nSPS) is 21.8. The molecule has 1 aliphatic carbocycles. The van der Waals surface area contributed by atoms with E-state index in [0.29, 0.717) is 22.9 Å². The van der Waals surface area contributed by atoms with Crippen molar-refractivity contribution in [2.75, 3.05) is 6.54 Å². The molecule has 1 N–H and O–H groups in total. The van der Waals surface area contributed by atoms with Gasteiger partial charge in [-0.2, -0.15) is 0 Å². The summed E-state index contributed by atoms with van der Waals surface area (Å²) in [5.41, 5.74) is 1.19. The van der Waals surface area contributed by atoms with E-state index in [4.69, 9.17) is 11.6 Å². The summed E-state index contributed by atoms with van der Waals surface area (Å²) in [6.07, 6.45) is 0.650. The molecular formula is C17H25ClFN. The molecule has 0 radical (unpaired) electrons. The van der Waals surface area contributed by atoms with Crippen molar-refractivity contribution in [2.45, 2.75) is 47.1 Å². The van der Waals surface area contributed by atoms with Crippen LogP contribution >= 0.6 is 11.6 Å². The van der Waals surface area contributed by atoms with Gasteiger partial charge in [-0.15, -0.1) is 0 Å². The van der Waals surface area contributed by atoms with Gasteiger partial charge in [0.25, 0.3) is 0 Å². The summed E-state index contributed by atoms with van der Waals surface area (Å²) in [4.78, 5) is 0. The third kappa shape index (κ3) is 2.48. The van der Waals surface area contributed by atoms with Crippen LogP contribution in [0.25, 0.3) is 0 Å². The van der Waals surface area contributed by atoms with Crippen LogP contribution in [0, 0.1) is 22.6 Å². The Morgan fingerprint density at radius 1 is 1.25 bits per heavy atom. The number of halogens is 2. The minimum absolute atomic E-state index is 0.198. The quantitative estimate of drug-likeness (QED) is 0.832. The van der Waals surface area contributed by atoms with Crippen molar-refractivity contribution in [1.29, 1.82) is 0 Å². The Labute approximate surface area is 126 Å². The average Bonchev–Trinajstić information content (AvgIpc) is 2.74. The molecule has 0 spiro atoms. The van der Waals surface area contributed by atoms with Crippen molar-refractivity contribution in [3.05, 3.63) is 34.6 Å². The first kappa shape index (κ1) is 15.8. The second-order valence-corrected chi connectivity index (χ2v) is 7.40. The van der Waals surface area contributed by atoms with Crippen molar-refractivity contribution in [2.24, 2.45) is 16.7 Å². The fraction of sp³-hybridized carbons (Fsp3) is 0.647. The SMILES string of the molecule is CCNC(Cc1c(F)cccc1Cl)C1C(C)(C)C1(C)C. The van der Waals surface area contributed by atoms with Gasteiger partial charge in [0.05, 0.1) is 0 Å². The minimum Gasteiger partial charge on any atom is -0.314 e. The maximum atomic E-state index is 14.0. The molecule has 1 nitrogen and oxygen atoms in total. The van der Waals surface area contributed by atoms with Crippen LogP contribution in [-0.2, 0) is 6.42 Å². The smallest absolute Gasteiger partial charge is 0.127 e. The van der Waals surface area contributed by atoms with Gasteiger partial charge in [0.2, 0.25) is 0 Å². The third-order valence-corrected chi connectivity index (χ3v) is 5.84. The second-order valence-electron chi connectivity index (χ2n) is 6.99. The van der Waals surface area contributed by atoms with Crippen LogP contribution in [0.1, 0.15) is 40.2 Å². The number of hydrogen-bond acceptors (Lipinski definition) is 1. The monoisotopic (exact) mass is 297 g/mol. The molecule has 0 heterocycles. The van der Waals surface area contributed by atoms with E-state index in [1.165, 1.54) is 6.07 Å². The van der Waals surface area contributed by atoms with E-state index < -0.39 is 0 Å². The van der Waals surface area contributed by atoms with Crippen LogP contribution in [0.15, 0.2) is 18.2 Å². The summed E-state index contributed by atoms with van der Waals surface area (Å²) < 4.78 is 14.0. The van der Waals surface area contributed by atoms with Gasteiger partial charge in [0, 0.05) is 16.6 Å². The van der Waals surface area contributed by atoms with Gasteiger partial charge in [0.1, 0.15) is 5.82 Å². The summed E-state index contributed by atoms with van der Waals surface area (Å²) in [6, 6.07) is 5.19. The molecule has 1 aliphatic rings. The van der Waals surface area contributed by atoms with Crippen LogP contribution < -0.4 is 5.32 Å². The number of benzene rings is 1. The van der Waals surface area contributed by atoms with E-state index in [-0.39, 0.29) is 22.7 Å². The lowest BCUT2D eigenvalue weighted by molar-refractivity contribution is 0.398. The average molecular weight is 298 g/mol. The molecule has 1 unspecified atom stereocenters. The molecule has 3 heteroatoms. The Balaban J connectivity index is 2.24. The first-order chi connectivity index (χ1) is 9.23. The van der Waals surface area contributed by atoms with E-state index in [0.717, 1.165) is 6.54 Å². The summed E-state index contributed by atoms with van der Waals surface area (Å²) in [7, 11) is 0. The summed E-state index contributed by atoms with van der Waals surface area (Å²) in [5.74, 6) is 0.335. The van der Waals surface area contributed by atoms with E-state index in [9.17, 15) is 4.39 Å². The molecule has 1 atom stereocenters. The van der Waals surface area contributed by atoms with Gasteiger partial charge in [-0.05, 0) is 41.8 Å². The molecule has 0 bridgehead atoms. The molecular weight excluding hydrogens is 273 g/mol. The standard InChI is InChI=1S/C17H25ClFN/c1-6-20-14(15-16(2,3)17(15,4)5)10-11-12(18)8-7-9-13(11)19/h7-9,14-15,20H,6,10H2,1-5H3. The second kappa shape index (κ2) is 5.31. The van der Waals surface area contributed by atoms with Crippen LogP contribution in [0.3, 0.4) is 0 Å². The molecule has 0 aliphatic heterocycles. The zero-order valence-electron chi connectivity index (χ0n) is 13.1. The lowest BCUT2D eigenvalue weighted by Crippen LogP contribution is -2.35.